The van der Waals surface area contributed by atoms with Crippen molar-refractivity contribution in [2.24, 2.45) is 0 Å². The Morgan fingerprint density at radius 2 is 2.12 bits per heavy atom. The highest BCUT2D eigenvalue weighted by atomic mass is 35.5. The third kappa shape index (κ3) is 2.74. The first kappa shape index (κ1) is 11.4. The van der Waals surface area contributed by atoms with Crippen LogP contribution in [0.25, 0.3) is 0 Å². The lowest BCUT2D eigenvalue weighted by atomic mass is 10.2. The minimum absolute atomic E-state index is 0.321. The molecule has 3 nitrogen and oxygen atoms in total. The lowest BCUT2D eigenvalue weighted by Crippen LogP contribution is -1.89. The van der Waals surface area contributed by atoms with Gasteiger partial charge in [-0.05, 0) is 30.7 Å². The van der Waals surface area contributed by atoms with Crippen molar-refractivity contribution in [1.82, 2.24) is 4.98 Å². The van der Waals surface area contributed by atoms with Crippen LogP contribution in [0.4, 0.5) is 0 Å². The zero-order valence-corrected chi connectivity index (χ0v) is 9.90. The first-order chi connectivity index (χ1) is 8.19. The van der Waals surface area contributed by atoms with Gasteiger partial charge in [0.05, 0.1) is 0 Å². The molecular weight excluding hydrogens is 236 g/mol. The van der Waals surface area contributed by atoms with E-state index in [4.69, 9.17) is 21.6 Å². The Balaban J connectivity index is 2.31. The number of benzene rings is 1. The average molecular weight is 245 g/mol. The maximum atomic E-state index is 8.74. The maximum absolute atomic E-state index is 8.74. The second-order valence-electron chi connectivity index (χ2n) is 3.50. The highest BCUT2D eigenvalue weighted by Gasteiger charge is 2.03. The fraction of sp³-hybridized carbons (Fsp3) is 0.0769. The van der Waals surface area contributed by atoms with Gasteiger partial charge in [-0.1, -0.05) is 17.7 Å². The first-order valence-corrected chi connectivity index (χ1v) is 5.37. The van der Waals surface area contributed by atoms with Crippen LogP contribution in [0.15, 0.2) is 36.5 Å². The molecule has 1 aromatic heterocycles. The SMILES string of the molecule is Cc1ccc(Cl)cc1Oc1ccnc(C#N)c1. The summed E-state index contributed by atoms with van der Waals surface area (Å²) in [5, 5.41) is 9.35. The molecule has 0 N–H and O–H groups in total. The van der Waals surface area contributed by atoms with Crippen LogP contribution in [-0.4, -0.2) is 4.98 Å². The van der Waals surface area contributed by atoms with Gasteiger partial charge in [0.25, 0.3) is 0 Å². The van der Waals surface area contributed by atoms with Crippen LogP contribution in [0.5, 0.6) is 11.5 Å². The lowest BCUT2D eigenvalue weighted by Gasteiger charge is -2.08. The zero-order valence-electron chi connectivity index (χ0n) is 9.14. The van der Waals surface area contributed by atoms with Gasteiger partial charge < -0.3 is 4.74 Å². The molecule has 0 spiro atoms. The third-order valence-electron chi connectivity index (χ3n) is 2.22. The molecule has 1 aromatic carbocycles. The molecule has 2 rings (SSSR count). The van der Waals surface area contributed by atoms with E-state index >= 15 is 0 Å². The van der Waals surface area contributed by atoms with Gasteiger partial charge in [0.15, 0.2) is 0 Å². The Morgan fingerprint density at radius 1 is 1.29 bits per heavy atom. The monoisotopic (exact) mass is 244 g/mol. The molecule has 0 fully saturated rings. The highest BCUT2D eigenvalue weighted by molar-refractivity contribution is 6.30. The molecule has 0 unspecified atom stereocenters. The number of aryl methyl sites for hydroxylation is 1. The van der Waals surface area contributed by atoms with Crippen LogP contribution >= 0.6 is 11.6 Å². The third-order valence-corrected chi connectivity index (χ3v) is 2.46. The summed E-state index contributed by atoms with van der Waals surface area (Å²) in [5.41, 5.74) is 1.30. The van der Waals surface area contributed by atoms with Crippen molar-refractivity contribution >= 4 is 11.6 Å². The van der Waals surface area contributed by atoms with Crippen molar-refractivity contribution in [1.29, 1.82) is 5.26 Å². The van der Waals surface area contributed by atoms with Crippen LogP contribution in [0, 0.1) is 18.3 Å². The summed E-state index contributed by atoms with van der Waals surface area (Å²) in [6.07, 6.45) is 1.54. The van der Waals surface area contributed by atoms with Gasteiger partial charge in [-0.3, -0.25) is 0 Å². The summed E-state index contributed by atoms with van der Waals surface area (Å²) in [6, 6.07) is 10.7. The number of pyridine rings is 1. The molecule has 4 heteroatoms. The molecule has 0 amide bonds. The van der Waals surface area contributed by atoms with Gasteiger partial charge in [-0.2, -0.15) is 5.26 Å². The van der Waals surface area contributed by atoms with E-state index in [-0.39, 0.29) is 0 Å². The molecule has 0 saturated heterocycles. The number of halogens is 1. The number of nitriles is 1. The maximum Gasteiger partial charge on any atom is 0.144 e. The number of rotatable bonds is 2. The van der Waals surface area contributed by atoms with Gasteiger partial charge in [0.2, 0.25) is 0 Å². The first-order valence-electron chi connectivity index (χ1n) is 4.99. The molecule has 2 aromatic rings. The Kier molecular flexibility index (Phi) is 3.27. The second-order valence-corrected chi connectivity index (χ2v) is 3.94. The van der Waals surface area contributed by atoms with Crippen LogP contribution in [0.1, 0.15) is 11.3 Å². The highest BCUT2D eigenvalue weighted by Crippen LogP contribution is 2.27. The van der Waals surface area contributed by atoms with E-state index in [0.717, 1.165) is 5.56 Å². The van der Waals surface area contributed by atoms with Crippen molar-refractivity contribution in [2.45, 2.75) is 6.92 Å². The topological polar surface area (TPSA) is 45.9 Å². The summed E-state index contributed by atoms with van der Waals surface area (Å²) in [7, 11) is 0. The number of hydrogen-bond donors (Lipinski definition) is 0. The van der Waals surface area contributed by atoms with E-state index in [0.29, 0.717) is 22.2 Å². The van der Waals surface area contributed by atoms with Crippen LogP contribution in [0.2, 0.25) is 5.02 Å². The van der Waals surface area contributed by atoms with Gasteiger partial charge >= 0.3 is 0 Å². The normalized spacial score (nSPS) is 9.71. The molecule has 0 aliphatic heterocycles. The van der Waals surface area contributed by atoms with Crippen molar-refractivity contribution < 1.29 is 4.74 Å². The zero-order chi connectivity index (χ0) is 12.3. The molecule has 0 radical (unpaired) electrons. The van der Waals surface area contributed by atoms with Gasteiger partial charge in [0, 0.05) is 17.3 Å². The quantitative estimate of drug-likeness (QED) is 0.809. The smallest absolute Gasteiger partial charge is 0.144 e. The van der Waals surface area contributed by atoms with Crippen molar-refractivity contribution in [3.63, 3.8) is 0 Å². The van der Waals surface area contributed by atoms with Crippen molar-refractivity contribution in [2.75, 3.05) is 0 Å². The summed E-state index contributed by atoms with van der Waals surface area (Å²) in [4.78, 5) is 3.87. The lowest BCUT2D eigenvalue weighted by molar-refractivity contribution is 0.478. The molecule has 84 valence electrons. The molecule has 0 aliphatic carbocycles. The standard InChI is InChI=1S/C13H9ClN2O/c1-9-2-3-10(14)6-13(9)17-12-4-5-16-11(7-12)8-15/h2-7H,1H3. The van der Waals surface area contributed by atoms with Crippen LogP contribution in [0.3, 0.4) is 0 Å². The van der Waals surface area contributed by atoms with E-state index in [1.807, 2.05) is 19.1 Å². The van der Waals surface area contributed by atoms with Gasteiger partial charge in [-0.25, -0.2) is 4.98 Å². The average Bonchev–Trinajstić information content (AvgIpc) is 2.34. The Bertz CT molecular complexity index is 590. The summed E-state index contributed by atoms with van der Waals surface area (Å²) in [5.74, 6) is 1.24. The number of nitrogens with zero attached hydrogens (tertiary/aromatic N) is 2. The van der Waals surface area contributed by atoms with E-state index in [1.165, 1.54) is 6.20 Å². The van der Waals surface area contributed by atoms with Crippen LogP contribution < -0.4 is 4.74 Å². The number of hydrogen-bond acceptors (Lipinski definition) is 3. The summed E-state index contributed by atoms with van der Waals surface area (Å²) < 4.78 is 5.66. The Labute approximate surface area is 104 Å². The molecule has 1 heterocycles. The number of ether oxygens (including phenoxy) is 1. The Morgan fingerprint density at radius 3 is 2.88 bits per heavy atom. The second kappa shape index (κ2) is 4.86. The Hall–Kier alpha value is -2.05. The number of aromatic nitrogens is 1. The van der Waals surface area contributed by atoms with Gasteiger partial charge in [-0.15, -0.1) is 0 Å². The van der Waals surface area contributed by atoms with Crippen molar-refractivity contribution in [3.05, 3.63) is 52.8 Å². The molecular formula is C13H9ClN2O. The molecule has 0 atom stereocenters. The molecule has 0 saturated carbocycles. The van der Waals surface area contributed by atoms with Crippen LogP contribution in [-0.2, 0) is 0 Å². The minimum atomic E-state index is 0.321. The summed E-state index contributed by atoms with van der Waals surface area (Å²) >= 11 is 5.90. The fourth-order valence-corrected chi connectivity index (χ4v) is 1.51. The predicted octanol–water partition coefficient (Wildman–Crippen LogP) is 3.71. The van der Waals surface area contributed by atoms with Crippen molar-refractivity contribution in [3.8, 4) is 17.6 Å². The van der Waals surface area contributed by atoms with E-state index < -0.39 is 0 Å². The molecule has 0 bridgehead atoms. The van der Waals surface area contributed by atoms with E-state index in [9.17, 15) is 0 Å². The molecule has 17 heavy (non-hydrogen) atoms. The predicted molar refractivity (Wildman–Crippen MR) is 65.2 cm³/mol. The van der Waals surface area contributed by atoms with E-state index in [2.05, 4.69) is 4.98 Å². The van der Waals surface area contributed by atoms with Gasteiger partial charge in [0.1, 0.15) is 23.3 Å². The largest absolute Gasteiger partial charge is 0.457 e. The fourth-order valence-electron chi connectivity index (χ4n) is 1.35. The summed E-state index contributed by atoms with van der Waals surface area (Å²) in [6.45, 7) is 1.93. The molecule has 0 aliphatic rings. The minimum Gasteiger partial charge on any atom is -0.457 e. The van der Waals surface area contributed by atoms with E-state index in [1.54, 1.807) is 24.3 Å².